The predicted octanol–water partition coefficient (Wildman–Crippen LogP) is 5.27. The average Bonchev–Trinajstić information content (AvgIpc) is 2.19. The molecule has 0 amide bonds. The van der Waals surface area contributed by atoms with E-state index in [1.807, 2.05) is 6.08 Å². The zero-order valence-corrected chi connectivity index (χ0v) is 11.4. The number of allylic oxidation sites excluding steroid dienone is 1. The van der Waals surface area contributed by atoms with Crippen LogP contribution in [0.25, 0.3) is 6.08 Å². The highest BCUT2D eigenvalue weighted by Crippen LogP contribution is 2.35. The highest BCUT2D eigenvalue weighted by molar-refractivity contribution is 9.10. The Bertz CT molecular complexity index is 383. The Morgan fingerprint density at radius 3 is 2.50 bits per heavy atom. The maximum atomic E-state index is 12.6. The predicted molar refractivity (Wildman–Crippen MR) is 66.6 cm³/mol. The van der Waals surface area contributed by atoms with Crippen molar-refractivity contribution in [2.45, 2.75) is 12.6 Å². The van der Waals surface area contributed by atoms with Gasteiger partial charge < -0.3 is 0 Å². The summed E-state index contributed by atoms with van der Waals surface area (Å²) >= 11 is 6.14. The second-order valence-corrected chi connectivity index (χ2v) is 4.76. The summed E-state index contributed by atoms with van der Waals surface area (Å²) in [6, 6.07) is 4.19. The average molecular weight is 358 g/mol. The molecular formula is C11H9Br2F3. The van der Waals surface area contributed by atoms with Crippen LogP contribution in [-0.4, -0.2) is 5.33 Å². The van der Waals surface area contributed by atoms with Crippen LogP contribution >= 0.6 is 31.9 Å². The molecule has 1 rings (SSSR count). The minimum atomic E-state index is -4.32. The normalized spacial score (nSPS) is 12.3. The van der Waals surface area contributed by atoms with E-state index in [9.17, 15) is 13.2 Å². The summed E-state index contributed by atoms with van der Waals surface area (Å²) < 4.78 is 37.7. The maximum absolute atomic E-state index is 12.6. The van der Waals surface area contributed by atoms with Crippen LogP contribution < -0.4 is 0 Å². The zero-order valence-electron chi connectivity index (χ0n) is 8.19. The topological polar surface area (TPSA) is 0 Å². The minimum Gasteiger partial charge on any atom is -0.166 e. The van der Waals surface area contributed by atoms with Crippen molar-refractivity contribution < 1.29 is 13.2 Å². The molecule has 16 heavy (non-hydrogen) atoms. The molecule has 0 aromatic heterocycles. The summed E-state index contributed by atoms with van der Waals surface area (Å²) in [7, 11) is 0. The van der Waals surface area contributed by atoms with Gasteiger partial charge in [0.2, 0.25) is 0 Å². The maximum Gasteiger partial charge on any atom is 0.417 e. The highest BCUT2D eigenvalue weighted by atomic mass is 79.9. The van der Waals surface area contributed by atoms with Crippen molar-refractivity contribution in [2.24, 2.45) is 0 Å². The van der Waals surface area contributed by atoms with Gasteiger partial charge in [0.1, 0.15) is 0 Å². The summed E-state index contributed by atoms with van der Waals surface area (Å²) in [5, 5.41) is 0.798. The molecule has 0 aliphatic rings. The SMILES string of the molecule is FC(F)(F)c1cc(C=CCCBr)ccc1Br. The molecule has 1 aromatic rings. The number of hydrogen-bond acceptors (Lipinski definition) is 0. The Labute approximate surface area is 109 Å². The molecule has 0 aliphatic heterocycles. The van der Waals surface area contributed by atoms with Gasteiger partial charge in [0.15, 0.2) is 0 Å². The molecule has 5 heteroatoms. The zero-order chi connectivity index (χ0) is 12.2. The lowest BCUT2D eigenvalue weighted by Gasteiger charge is -2.09. The van der Waals surface area contributed by atoms with Crippen LogP contribution in [-0.2, 0) is 6.18 Å². The van der Waals surface area contributed by atoms with Crippen molar-refractivity contribution in [1.82, 2.24) is 0 Å². The smallest absolute Gasteiger partial charge is 0.166 e. The molecule has 0 saturated carbocycles. The first-order chi connectivity index (χ1) is 7.45. The van der Waals surface area contributed by atoms with Crippen LogP contribution in [0.15, 0.2) is 28.7 Å². The lowest BCUT2D eigenvalue weighted by molar-refractivity contribution is -0.138. The van der Waals surface area contributed by atoms with Crippen LogP contribution in [0.5, 0.6) is 0 Å². The number of halogens is 5. The van der Waals surface area contributed by atoms with Crippen molar-refractivity contribution in [3.8, 4) is 0 Å². The molecule has 0 atom stereocenters. The van der Waals surface area contributed by atoms with Gasteiger partial charge in [0.05, 0.1) is 5.56 Å². The lowest BCUT2D eigenvalue weighted by atomic mass is 10.1. The first-order valence-corrected chi connectivity index (χ1v) is 6.46. The molecule has 1 aromatic carbocycles. The Hall–Kier alpha value is -0.290. The van der Waals surface area contributed by atoms with E-state index in [0.29, 0.717) is 5.56 Å². The molecular weight excluding hydrogens is 349 g/mol. The fourth-order valence-corrected chi connectivity index (χ4v) is 1.88. The molecule has 0 N–H and O–H groups in total. The van der Waals surface area contributed by atoms with Gasteiger partial charge in [0.25, 0.3) is 0 Å². The van der Waals surface area contributed by atoms with Gasteiger partial charge in [-0.1, -0.05) is 50.1 Å². The van der Waals surface area contributed by atoms with Crippen LogP contribution in [0.1, 0.15) is 17.5 Å². The molecule has 0 bridgehead atoms. The van der Waals surface area contributed by atoms with E-state index in [4.69, 9.17) is 0 Å². The summed E-state index contributed by atoms with van der Waals surface area (Å²) in [5.41, 5.74) is -0.0926. The highest BCUT2D eigenvalue weighted by Gasteiger charge is 2.32. The van der Waals surface area contributed by atoms with Gasteiger partial charge in [0, 0.05) is 9.80 Å². The molecule has 0 radical (unpaired) electrons. The van der Waals surface area contributed by atoms with Gasteiger partial charge in [-0.2, -0.15) is 13.2 Å². The molecule has 0 unspecified atom stereocenters. The van der Waals surface area contributed by atoms with Crippen molar-refractivity contribution in [2.75, 3.05) is 5.33 Å². The summed E-state index contributed by atoms with van der Waals surface area (Å²) in [6.45, 7) is 0. The Morgan fingerprint density at radius 2 is 1.94 bits per heavy atom. The van der Waals surface area contributed by atoms with E-state index in [2.05, 4.69) is 31.9 Å². The Kier molecular flexibility index (Phi) is 5.05. The first-order valence-electron chi connectivity index (χ1n) is 4.54. The molecule has 0 saturated heterocycles. The van der Waals surface area contributed by atoms with E-state index >= 15 is 0 Å². The molecule has 0 fully saturated rings. The summed E-state index contributed by atoms with van der Waals surface area (Å²) in [4.78, 5) is 0. The molecule has 0 nitrogen and oxygen atoms in total. The summed E-state index contributed by atoms with van der Waals surface area (Å²) in [6.07, 6.45) is -0.0173. The number of hydrogen-bond donors (Lipinski definition) is 0. The van der Waals surface area contributed by atoms with E-state index < -0.39 is 11.7 Å². The monoisotopic (exact) mass is 356 g/mol. The fraction of sp³-hybridized carbons (Fsp3) is 0.273. The second kappa shape index (κ2) is 5.87. The molecule has 0 aliphatic carbocycles. The van der Waals surface area contributed by atoms with Crippen molar-refractivity contribution in [3.63, 3.8) is 0 Å². The van der Waals surface area contributed by atoms with Gasteiger partial charge in [-0.15, -0.1) is 0 Å². The number of rotatable bonds is 3. The number of benzene rings is 1. The largest absolute Gasteiger partial charge is 0.417 e. The van der Waals surface area contributed by atoms with Gasteiger partial charge >= 0.3 is 6.18 Å². The van der Waals surface area contributed by atoms with E-state index in [1.54, 1.807) is 12.1 Å². The molecule has 0 heterocycles. The second-order valence-electron chi connectivity index (χ2n) is 3.12. The van der Waals surface area contributed by atoms with Crippen molar-refractivity contribution >= 4 is 37.9 Å². The molecule has 0 spiro atoms. The van der Waals surface area contributed by atoms with Crippen LogP contribution in [0.2, 0.25) is 0 Å². The fourth-order valence-electron chi connectivity index (χ4n) is 1.15. The van der Waals surface area contributed by atoms with Crippen LogP contribution in [0.4, 0.5) is 13.2 Å². The van der Waals surface area contributed by atoms with Gasteiger partial charge in [-0.3, -0.25) is 0 Å². The lowest BCUT2D eigenvalue weighted by Crippen LogP contribution is -2.06. The minimum absolute atomic E-state index is 0.0673. The molecule has 88 valence electrons. The van der Waals surface area contributed by atoms with Crippen molar-refractivity contribution in [1.29, 1.82) is 0 Å². The standard InChI is InChI=1S/C11H9Br2F3/c12-6-2-1-3-8-4-5-10(13)9(7-8)11(14,15)16/h1,3-5,7H,2,6H2. The first kappa shape index (κ1) is 13.8. The van der Waals surface area contributed by atoms with Gasteiger partial charge in [-0.25, -0.2) is 0 Å². The van der Waals surface area contributed by atoms with E-state index in [0.717, 1.165) is 17.8 Å². The summed E-state index contributed by atoms with van der Waals surface area (Å²) in [5.74, 6) is 0. The van der Waals surface area contributed by atoms with Crippen LogP contribution in [0, 0.1) is 0 Å². The quantitative estimate of drug-likeness (QED) is 0.647. The Morgan fingerprint density at radius 1 is 1.25 bits per heavy atom. The van der Waals surface area contributed by atoms with Crippen LogP contribution in [0.3, 0.4) is 0 Å². The third-order valence-electron chi connectivity index (χ3n) is 1.88. The van der Waals surface area contributed by atoms with Crippen molar-refractivity contribution in [3.05, 3.63) is 39.9 Å². The number of alkyl halides is 4. The van der Waals surface area contributed by atoms with E-state index in [1.165, 1.54) is 6.07 Å². The third kappa shape index (κ3) is 3.94. The third-order valence-corrected chi connectivity index (χ3v) is 3.03. The van der Waals surface area contributed by atoms with E-state index in [-0.39, 0.29) is 4.47 Å². The van der Waals surface area contributed by atoms with Gasteiger partial charge in [-0.05, 0) is 24.1 Å². The Balaban J connectivity index is 2.99.